The molecule has 0 aliphatic carbocycles. The Balaban J connectivity index is 0.00000341. The van der Waals surface area contributed by atoms with Crippen LogP contribution in [0.1, 0.15) is 29.9 Å². The van der Waals surface area contributed by atoms with Crippen LogP contribution in [-0.2, 0) is 4.79 Å². The van der Waals surface area contributed by atoms with Crippen molar-refractivity contribution in [2.75, 3.05) is 23.3 Å². The molecular weight excluding hydrogens is 448 g/mol. The summed E-state index contributed by atoms with van der Waals surface area (Å²) >= 11 is 12.2. The van der Waals surface area contributed by atoms with Crippen molar-refractivity contribution in [1.29, 1.82) is 0 Å². The van der Waals surface area contributed by atoms with Crippen LogP contribution in [-0.4, -0.2) is 29.9 Å². The predicted octanol–water partition coefficient (Wildman–Crippen LogP) is 1.34. The van der Waals surface area contributed by atoms with Crippen LogP contribution in [0.3, 0.4) is 0 Å². The maximum Gasteiger partial charge on any atom is 1.00 e. The molecule has 0 radical (unpaired) electrons. The van der Waals surface area contributed by atoms with Crippen LogP contribution < -0.4 is 44.9 Å². The number of hydrogen-bond acceptors (Lipinski definition) is 4. The first kappa shape index (κ1) is 25.3. The number of aromatic carboxylic acids is 1. The summed E-state index contributed by atoms with van der Waals surface area (Å²) in [6.45, 7) is 5.94. The van der Waals surface area contributed by atoms with Crippen molar-refractivity contribution in [1.82, 2.24) is 4.98 Å². The Morgan fingerprint density at radius 1 is 1.13 bits per heavy atom. The number of aromatic nitrogens is 1. The van der Waals surface area contributed by atoms with Gasteiger partial charge in [0.1, 0.15) is 0 Å². The number of carboxylic acids is 1. The molecule has 1 amide bonds. The molecule has 0 aliphatic rings. The van der Waals surface area contributed by atoms with Crippen molar-refractivity contribution in [3.8, 4) is 0 Å². The zero-order valence-corrected chi connectivity index (χ0v) is 21.0. The van der Waals surface area contributed by atoms with Gasteiger partial charge in [0.25, 0.3) is 0 Å². The first-order valence-electron chi connectivity index (χ1n) is 9.40. The molecule has 9 heteroatoms. The third-order valence-corrected chi connectivity index (χ3v) is 5.24. The first-order valence-corrected chi connectivity index (χ1v) is 10.2. The van der Waals surface area contributed by atoms with Gasteiger partial charge in [-0.2, -0.15) is 0 Å². The number of carbonyl (C=O) groups excluding carboxylic acids is 2. The Morgan fingerprint density at radius 2 is 1.77 bits per heavy atom. The van der Waals surface area contributed by atoms with Gasteiger partial charge in [0.2, 0.25) is 5.91 Å². The van der Waals surface area contributed by atoms with Crippen LogP contribution in [0.25, 0.3) is 17.0 Å². The number of halogens is 2. The van der Waals surface area contributed by atoms with E-state index in [1.165, 1.54) is 18.2 Å². The molecule has 31 heavy (non-hydrogen) atoms. The number of hydrogen-bond donors (Lipinski definition) is 2. The Labute approximate surface area is 212 Å². The predicted molar refractivity (Wildman–Crippen MR) is 120 cm³/mol. The average Bonchev–Trinajstić information content (AvgIpc) is 3.07. The molecule has 2 aromatic carbocycles. The Morgan fingerprint density at radius 3 is 2.35 bits per heavy atom. The number of carbonyl (C=O) groups is 2. The zero-order chi connectivity index (χ0) is 21.8. The maximum absolute atomic E-state index is 12.4. The molecule has 0 aliphatic heterocycles. The fourth-order valence-electron chi connectivity index (χ4n) is 3.29. The van der Waals surface area contributed by atoms with Gasteiger partial charge in [0, 0.05) is 52.0 Å². The Hall–Kier alpha value is -1.96. The van der Waals surface area contributed by atoms with Gasteiger partial charge in [-0.15, -0.1) is 0 Å². The minimum absolute atomic E-state index is 0. The number of fused-ring (bicyclic) bond motifs is 1. The number of benzene rings is 2. The van der Waals surface area contributed by atoms with E-state index < -0.39 is 11.9 Å². The number of nitrogens with one attached hydrogen (secondary N) is 2. The van der Waals surface area contributed by atoms with Gasteiger partial charge in [-0.3, -0.25) is 4.79 Å². The molecule has 3 rings (SSSR count). The number of nitrogens with zero attached hydrogens (tertiary/aromatic N) is 1. The average molecular weight is 468 g/mol. The second-order valence-electron chi connectivity index (χ2n) is 6.55. The van der Waals surface area contributed by atoms with E-state index in [4.69, 9.17) is 23.2 Å². The van der Waals surface area contributed by atoms with E-state index in [9.17, 15) is 14.7 Å². The van der Waals surface area contributed by atoms with Crippen molar-refractivity contribution in [2.45, 2.75) is 13.8 Å². The summed E-state index contributed by atoms with van der Waals surface area (Å²) in [5.74, 6) is -1.82. The van der Waals surface area contributed by atoms with Crippen LogP contribution in [0.2, 0.25) is 10.0 Å². The normalized spacial score (nSPS) is 10.8. The van der Waals surface area contributed by atoms with Crippen LogP contribution in [0.4, 0.5) is 11.4 Å². The van der Waals surface area contributed by atoms with Gasteiger partial charge in [0.05, 0.1) is 16.7 Å². The van der Waals surface area contributed by atoms with Gasteiger partial charge in [0.15, 0.2) is 0 Å². The third-order valence-electron chi connectivity index (χ3n) is 4.72. The van der Waals surface area contributed by atoms with Crippen molar-refractivity contribution in [3.63, 3.8) is 0 Å². The molecule has 0 atom stereocenters. The minimum Gasteiger partial charge on any atom is -0.543 e. The minimum atomic E-state index is -1.41. The number of rotatable bonds is 7. The molecule has 0 spiro atoms. The smallest absolute Gasteiger partial charge is 0.543 e. The van der Waals surface area contributed by atoms with E-state index in [2.05, 4.69) is 29.0 Å². The summed E-state index contributed by atoms with van der Waals surface area (Å²) in [6.07, 6.45) is 2.64. The summed E-state index contributed by atoms with van der Waals surface area (Å²) in [7, 11) is 0. The maximum atomic E-state index is 12.4. The third kappa shape index (κ3) is 5.84. The molecule has 0 saturated carbocycles. The fraction of sp³-hybridized carbons (Fsp3) is 0.182. The van der Waals surface area contributed by atoms with E-state index in [1.54, 1.807) is 6.07 Å². The molecule has 6 nitrogen and oxygen atoms in total. The summed E-state index contributed by atoms with van der Waals surface area (Å²) in [5.41, 5.74) is 2.21. The molecule has 3 aromatic rings. The standard InChI is InChI=1S/C22H21Cl2N3O3.Na/c1-3-27(4-2)15-7-5-14(6-8-15)25-19(28)10-9-16-20-17(24)11-13(23)12-18(20)26-21(16)22(29)30;/h5-12,26H,3-4H2,1-2H3,(H,25,28)(H,29,30);/q;+1/p-1/b10-9+;. The van der Waals surface area contributed by atoms with Crippen LogP contribution >= 0.6 is 23.2 Å². The quantitative estimate of drug-likeness (QED) is 0.405. The van der Waals surface area contributed by atoms with E-state index in [1.807, 2.05) is 24.3 Å². The molecule has 1 aromatic heterocycles. The van der Waals surface area contributed by atoms with Crippen molar-refractivity contribution >= 4 is 63.4 Å². The molecule has 0 unspecified atom stereocenters. The largest absolute Gasteiger partial charge is 1.00 e. The number of aromatic amines is 1. The molecule has 156 valence electrons. The van der Waals surface area contributed by atoms with E-state index in [0.717, 1.165) is 18.8 Å². The van der Waals surface area contributed by atoms with Crippen molar-refractivity contribution in [3.05, 3.63) is 63.8 Å². The second-order valence-corrected chi connectivity index (χ2v) is 7.40. The van der Waals surface area contributed by atoms with E-state index in [-0.39, 0.29) is 45.8 Å². The monoisotopic (exact) mass is 467 g/mol. The topological polar surface area (TPSA) is 88.3 Å². The van der Waals surface area contributed by atoms with Crippen molar-refractivity contribution in [2.24, 2.45) is 0 Å². The molecule has 0 bridgehead atoms. The number of amides is 1. The van der Waals surface area contributed by atoms with E-state index >= 15 is 0 Å². The molecule has 0 saturated heterocycles. The number of carboxylic acid groups (broad SMARTS) is 1. The summed E-state index contributed by atoms with van der Waals surface area (Å²) in [6, 6.07) is 10.6. The van der Waals surface area contributed by atoms with Crippen molar-refractivity contribution < 1.29 is 44.3 Å². The van der Waals surface area contributed by atoms with Gasteiger partial charge in [-0.25, -0.2) is 0 Å². The Kier molecular flexibility index (Phi) is 9.03. The summed E-state index contributed by atoms with van der Waals surface area (Å²) in [5, 5.41) is 15.3. The summed E-state index contributed by atoms with van der Waals surface area (Å²) < 4.78 is 0. The first-order chi connectivity index (χ1) is 14.3. The zero-order valence-electron chi connectivity index (χ0n) is 17.5. The van der Waals surface area contributed by atoms with Gasteiger partial charge in [-0.1, -0.05) is 23.2 Å². The molecule has 1 heterocycles. The van der Waals surface area contributed by atoms with Gasteiger partial charge >= 0.3 is 29.6 Å². The molecule has 2 N–H and O–H groups in total. The van der Waals surface area contributed by atoms with Crippen LogP contribution in [0, 0.1) is 0 Å². The van der Waals surface area contributed by atoms with Gasteiger partial charge < -0.3 is 25.1 Å². The second kappa shape index (κ2) is 11.1. The van der Waals surface area contributed by atoms with E-state index in [0.29, 0.717) is 21.6 Å². The number of anilines is 2. The van der Waals surface area contributed by atoms with Gasteiger partial charge in [-0.05, 0) is 56.3 Å². The number of H-pyrrole nitrogens is 1. The molecular formula is C22H20Cl2N3NaO3. The Bertz CT molecular complexity index is 1120. The van der Waals surface area contributed by atoms with Crippen LogP contribution in [0.15, 0.2) is 42.5 Å². The fourth-order valence-corrected chi connectivity index (χ4v) is 3.88. The SMILES string of the molecule is CCN(CC)c1ccc(NC(=O)/C=C/c2c(C(=O)[O-])[nH]c3cc(Cl)cc(Cl)c23)cc1.[Na+]. The van der Waals surface area contributed by atoms with Crippen LogP contribution in [0.5, 0.6) is 0 Å². The molecule has 0 fully saturated rings. The summed E-state index contributed by atoms with van der Waals surface area (Å²) in [4.78, 5) is 28.8.